The molecule has 0 aromatic carbocycles. The molecule has 0 unspecified atom stereocenters. The largest absolute Gasteiger partial charge is 0.389 e. The average Bonchev–Trinajstić information content (AvgIpc) is 2.03. The quantitative estimate of drug-likeness (QED) is 0.545. The molecule has 0 aromatic heterocycles. The fraction of sp³-hybridized carbons (Fsp3) is 0.500. The summed E-state index contributed by atoms with van der Waals surface area (Å²) in [6, 6.07) is 3.40. The lowest BCUT2D eigenvalue weighted by atomic mass is 9.99. The third-order valence-corrected chi connectivity index (χ3v) is 1.87. The van der Waals surface area contributed by atoms with Crippen molar-refractivity contribution in [2.45, 2.75) is 18.6 Å². The van der Waals surface area contributed by atoms with E-state index in [1.54, 1.807) is 18.1 Å². The van der Waals surface area contributed by atoms with Crippen LogP contribution in [-0.2, 0) is 0 Å². The van der Waals surface area contributed by atoms with Gasteiger partial charge in [-0.25, -0.2) is 0 Å². The smallest absolute Gasteiger partial charge is 0.142 e. The summed E-state index contributed by atoms with van der Waals surface area (Å²) in [6.45, 7) is 0. The molecule has 0 fully saturated rings. The van der Waals surface area contributed by atoms with E-state index in [0.29, 0.717) is 5.57 Å². The van der Waals surface area contributed by atoms with Gasteiger partial charge in [0.1, 0.15) is 6.04 Å². The van der Waals surface area contributed by atoms with Gasteiger partial charge in [0.2, 0.25) is 0 Å². The Morgan fingerprint density at radius 2 is 2.33 bits per heavy atom. The number of nitriles is 2. The normalized spacial score (nSPS) is 28.7. The van der Waals surface area contributed by atoms with Crippen molar-refractivity contribution in [2.24, 2.45) is 0 Å². The molecule has 0 saturated carbocycles. The van der Waals surface area contributed by atoms with Gasteiger partial charge in [0.25, 0.3) is 0 Å². The maximum absolute atomic E-state index is 9.38. The van der Waals surface area contributed by atoms with Gasteiger partial charge in [-0.2, -0.15) is 10.5 Å². The highest BCUT2D eigenvalue weighted by molar-refractivity contribution is 5.25. The van der Waals surface area contributed by atoms with Crippen LogP contribution in [-0.4, -0.2) is 29.2 Å². The van der Waals surface area contributed by atoms with Crippen LogP contribution < -0.4 is 0 Å². The van der Waals surface area contributed by atoms with Crippen LogP contribution >= 0.6 is 0 Å². The lowest BCUT2D eigenvalue weighted by molar-refractivity contribution is 0.102. The van der Waals surface area contributed by atoms with E-state index < -0.39 is 12.1 Å². The van der Waals surface area contributed by atoms with Gasteiger partial charge in [-0.3, -0.25) is 0 Å². The topological polar surface area (TPSA) is 71.1 Å². The molecule has 0 amide bonds. The molecule has 1 heterocycles. The maximum atomic E-state index is 9.38. The van der Waals surface area contributed by atoms with Gasteiger partial charge in [-0.1, -0.05) is 0 Å². The van der Waals surface area contributed by atoms with Crippen LogP contribution in [0.1, 0.15) is 6.42 Å². The second-order valence-electron chi connectivity index (χ2n) is 2.78. The summed E-state index contributed by atoms with van der Waals surface area (Å²) in [7, 11) is 1.67. The summed E-state index contributed by atoms with van der Waals surface area (Å²) >= 11 is 0. The van der Waals surface area contributed by atoms with Crippen LogP contribution in [0.5, 0.6) is 0 Å². The van der Waals surface area contributed by atoms with Gasteiger partial charge >= 0.3 is 0 Å². The van der Waals surface area contributed by atoms with Gasteiger partial charge in [-0.05, 0) is 0 Å². The molecule has 1 N–H and O–H groups in total. The van der Waals surface area contributed by atoms with Crippen LogP contribution in [0.2, 0.25) is 0 Å². The molecule has 1 aliphatic rings. The summed E-state index contributed by atoms with van der Waals surface area (Å²) in [4.78, 5) is 1.56. The first-order valence-electron chi connectivity index (χ1n) is 3.59. The Labute approximate surface area is 70.9 Å². The second-order valence-corrected chi connectivity index (χ2v) is 2.78. The molecule has 1 aliphatic heterocycles. The molecule has 0 spiro atoms. The standard InChI is InChI=1S/C8H9N3O/c1-11-5-6(3-9)2-8(12)7(11)4-10/h5,7-8,12H,2H2,1H3/t7-,8-/m1/s1. The number of hydrogen-bond donors (Lipinski definition) is 1. The monoisotopic (exact) mass is 163 g/mol. The maximum Gasteiger partial charge on any atom is 0.142 e. The van der Waals surface area contributed by atoms with Crippen LogP contribution in [0.15, 0.2) is 11.8 Å². The Bertz CT molecular complexity index is 284. The SMILES string of the molecule is CN1C=C(C#N)C[C@@H](O)[C@H]1C#N. The highest BCUT2D eigenvalue weighted by atomic mass is 16.3. The minimum atomic E-state index is -0.750. The van der Waals surface area contributed by atoms with E-state index in [0.717, 1.165) is 0 Å². The number of hydrogen-bond acceptors (Lipinski definition) is 4. The van der Waals surface area contributed by atoms with Gasteiger partial charge < -0.3 is 10.0 Å². The number of rotatable bonds is 0. The van der Waals surface area contributed by atoms with Crippen molar-refractivity contribution < 1.29 is 5.11 Å². The molecule has 0 bridgehead atoms. The van der Waals surface area contributed by atoms with Crippen molar-refractivity contribution in [3.63, 3.8) is 0 Å². The summed E-state index contributed by atoms with van der Waals surface area (Å²) < 4.78 is 0. The Morgan fingerprint density at radius 3 is 2.75 bits per heavy atom. The van der Waals surface area contributed by atoms with Crippen molar-refractivity contribution in [1.29, 1.82) is 10.5 Å². The molecule has 62 valence electrons. The molecule has 12 heavy (non-hydrogen) atoms. The van der Waals surface area contributed by atoms with E-state index in [1.165, 1.54) is 0 Å². The van der Waals surface area contributed by atoms with Gasteiger partial charge in [0.15, 0.2) is 0 Å². The first-order valence-corrected chi connectivity index (χ1v) is 3.59. The Morgan fingerprint density at radius 1 is 1.67 bits per heavy atom. The van der Waals surface area contributed by atoms with Crippen molar-refractivity contribution >= 4 is 0 Å². The molecule has 2 atom stereocenters. The molecular formula is C8H9N3O. The van der Waals surface area contributed by atoms with E-state index in [1.807, 2.05) is 12.1 Å². The molecule has 4 heteroatoms. The van der Waals surface area contributed by atoms with Crippen LogP contribution in [0, 0.1) is 22.7 Å². The Hall–Kier alpha value is -1.52. The van der Waals surface area contributed by atoms with E-state index in [9.17, 15) is 5.11 Å². The third kappa shape index (κ3) is 1.39. The molecule has 0 aliphatic carbocycles. The molecular weight excluding hydrogens is 154 g/mol. The first-order chi connectivity index (χ1) is 5.69. The van der Waals surface area contributed by atoms with Gasteiger partial charge in [-0.15, -0.1) is 0 Å². The first kappa shape index (κ1) is 8.58. The minimum Gasteiger partial charge on any atom is -0.389 e. The number of aliphatic hydroxyl groups is 1. The molecule has 0 radical (unpaired) electrons. The van der Waals surface area contributed by atoms with Crippen LogP contribution in [0.25, 0.3) is 0 Å². The van der Waals surface area contributed by atoms with Gasteiger partial charge in [0.05, 0.1) is 18.2 Å². The molecule has 0 saturated heterocycles. The Balaban J connectivity index is 2.86. The third-order valence-electron chi connectivity index (χ3n) is 1.87. The molecule has 1 rings (SSSR count). The summed E-state index contributed by atoms with van der Waals surface area (Å²) in [5.41, 5.74) is 0.511. The van der Waals surface area contributed by atoms with Crippen LogP contribution in [0.4, 0.5) is 0 Å². The van der Waals surface area contributed by atoms with Crippen molar-refractivity contribution in [3.05, 3.63) is 11.8 Å². The fourth-order valence-corrected chi connectivity index (χ4v) is 1.24. The van der Waals surface area contributed by atoms with E-state index in [2.05, 4.69) is 0 Å². The summed E-state index contributed by atoms with van der Waals surface area (Å²) in [5.74, 6) is 0. The predicted molar refractivity (Wildman–Crippen MR) is 41.5 cm³/mol. The minimum absolute atomic E-state index is 0.277. The lowest BCUT2D eigenvalue weighted by Gasteiger charge is -2.29. The zero-order valence-electron chi connectivity index (χ0n) is 6.73. The van der Waals surface area contributed by atoms with Crippen LogP contribution in [0.3, 0.4) is 0 Å². The van der Waals surface area contributed by atoms with E-state index in [-0.39, 0.29) is 6.42 Å². The zero-order valence-corrected chi connectivity index (χ0v) is 6.73. The summed E-state index contributed by atoms with van der Waals surface area (Å²) in [5, 5.41) is 26.6. The average molecular weight is 163 g/mol. The zero-order chi connectivity index (χ0) is 9.14. The van der Waals surface area contributed by atoms with Gasteiger partial charge in [0, 0.05) is 25.2 Å². The number of likely N-dealkylation sites (N-methyl/N-ethyl adjacent to an activating group) is 1. The highest BCUT2D eigenvalue weighted by Crippen LogP contribution is 2.18. The number of nitrogens with zero attached hydrogens (tertiary/aromatic N) is 3. The second kappa shape index (κ2) is 3.25. The van der Waals surface area contributed by atoms with E-state index >= 15 is 0 Å². The Kier molecular flexibility index (Phi) is 2.32. The number of aliphatic hydroxyl groups excluding tert-OH is 1. The fourth-order valence-electron chi connectivity index (χ4n) is 1.24. The predicted octanol–water partition coefficient (Wildman–Crippen LogP) is -0.0175. The van der Waals surface area contributed by atoms with Crippen molar-refractivity contribution in [1.82, 2.24) is 4.90 Å². The highest BCUT2D eigenvalue weighted by Gasteiger charge is 2.27. The van der Waals surface area contributed by atoms with E-state index in [4.69, 9.17) is 10.5 Å². The molecule has 4 nitrogen and oxygen atoms in total. The van der Waals surface area contributed by atoms with Crippen molar-refractivity contribution in [2.75, 3.05) is 7.05 Å². The summed E-state index contributed by atoms with van der Waals surface area (Å²) in [6.07, 6.45) is 1.12. The van der Waals surface area contributed by atoms with Crippen molar-refractivity contribution in [3.8, 4) is 12.1 Å². The lowest BCUT2D eigenvalue weighted by Crippen LogP contribution is -2.40. The molecule has 0 aromatic rings.